The first-order valence-corrected chi connectivity index (χ1v) is 6.30. The molecule has 0 fully saturated rings. The van der Waals surface area contributed by atoms with Gasteiger partial charge in [-0.05, 0) is 42.8 Å². The lowest BCUT2D eigenvalue weighted by atomic mass is 10.1. The molecule has 0 atom stereocenters. The Kier molecular flexibility index (Phi) is 4.25. The molecule has 0 unspecified atom stereocenters. The van der Waals surface area contributed by atoms with Gasteiger partial charge in [-0.3, -0.25) is 4.79 Å². The monoisotopic (exact) mass is 293 g/mol. The van der Waals surface area contributed by atoms with Crippen molar-refractivity contribution in [2.75, 3.05) is 12.4 Å². The maximum Gasteiger partial charge on any atom is 0.259 e. The highest BCUT2D eigenvalue weighted by Gasteiger charge is 2.13. The summed E-state index contributed by atoms with van der Waals surface area (Å²) < 4.78 is 18.6. The molecule has 0 aliphatic carbocycles. The first kappa shape index (κ1) is 14.3. The fraction of sp³-hybridized carbons (Fsp3) is 0.133. The molecule has 20 heavy (non-hydrogen) atoms. The molecule has 0 spiro atoms. The van der Waals surface area contributed by atoms with Crippen molar-refractivity contribution in [3.8, 4) is 5.75 Å². The Morgan fingerprint density at radius 1 is 1.25 bits per heavy atom. The lowest BCUT2D eigenvalue weighted by molar-refractivity contribution is 0.102. The summed E-state index contributed by atoms with van der Waals surface area (Å²) in [6.45, 7) is 1.65. The van der Waals surface area contributed by atoms with E-state index in [1.165, 1.54) is 19.2 Å². The van der Waals surface area contributed by atoms with E-state index in [-0.39, 0.29) is 5.82 Å². The minimum atomic E-state index is -0.410. The fourth-order valence-electron chi connectivity index (χ4n) is 1.73. The molecule has 0 aromatic heterocycles. The number of anilines is 1. The van der Waals surface area contributed by atoms with Crippen LogP contribution in [-0.2, 0) is 0 Å². The van der Waals surface area contributed by atoms with E-state index in [2.05, 4.69) is 5.32 Å². The molecular formula is C15H13ClFNO2. The average molecular weight is 294 g/mol. The van der Waals surface area contributed by atoms with Crippen LogP contribution in [0.4, 0.5) is 10.1 Å². The van der Waals surface area contributed by atoms with Crippen molar-refractivity contribution in [3.05, 3.63) is 58.4 Å². The fourth-order valence-corrected chi connectivity index (χ4v) is 1.90. The second-order valence-corrected chi connectivity index (χ2v) is 4.70. The number of amides is 1. The summed E-state index contributed by atoms with van der Waals surface area (Å²) in [6, 6.07) is 9.23. The summed E-state index contributed by atoms with van der Waals surface area (Å²) in [4.78, 5) is 12.2. The van der Waals surface area contributed by atoms with Crippen molar-refractivity contribution < 1.29 is 13.9 Å². The second kappa shape index (κ2) is 5.92. The van der Waals surface area contributed by atoms with E-state index in [4.69, 9.17) is 16.3 Å². The number of aryl methyl sites for hydroxylation is 1. The number of ether oxygens (including phenoxy) is 1. The van der Waals surface area contributed by atoms with Gasteiger partial charge < -0.3 is 10.1 Å². The standard InChI is InChI=1S/C15H13ClFNO2/c1-9-3-5-11(8-13(9)17)18-15(19)12-7-10(16)4-6-14(12)20-2/h3-8H,1-2H3,(H,18,19). The van der Waals surface area contributed by atoms with Crippen LogP contribution in [-0.4, -0.2) is 13.0 Å². The van der Waals surface area contributed by atoms with Crippen LogP contribution in [0.3, 0.4) is 0 Å². The van der Waals surface area contributed by atoms with Crippen LogP contribution in [0.5, 0.6) is 5.75 Å². The van der Waals surface area contributed by atoms with Gasteiger partial charge in [0.25, 0.3) is 5.91 Å². The van der Waals surface area contributed by atoms with Gasteiger partial charge in [-0.2, -0.15) is 0 Å². The second-order valence-electron chi connectivity index (χ2n) is 4.26. The average Bonchev–Trinajstić information content (AvgIpc) is 2.43. The Morgan fingerprint density at radius 2 is 2.00 bits per heavy atom. The molecule has 1 amide bonds. The Hall–Kier alpha value is -2.07. The molecule has 0 saturated carbocycles. The highest BCUT2D eigenvalue weighted by molar-refractivity contribution is 6.31. The van der Waals surface area contributed by atoms with Crippen LogP contribution in [0.15, 0.2) is 36.4 Å². The van der Waals surface area contributed by atoms with E-state index in [9.17, 15) is 9.18 Å². The molecule has 0 saturated heterocycles. The van der Waals surface area contributed by atoms with Gasteiger partial charge in [0.15, 0.2) is 0 Å². The van der Waals surface area contributed by atoms with Crippen LogP contribution >= 0.6 is 11.6 Å². The predicted molar refractivity (Wildman–Crippen MR) is 77.1 cm³/mol. The molecule has 0 radical (unpaired) electrons. The summed E-state index contributed by atoms with van der Waals surface area (Å²) in [6.07, 6.45) is 0. The third-order valence-corrected chi connectivity index (χ3v) is 3.07. The van der Waals surface area contributed by atoms with Gasteiger partial charge in [0.05, 0.1) is 12.7 Å². The number of halogens is 2. The Balaban J connectivity index is 2.27. The molecule has 0 heterocycles. The third-order valence-electron chi connectivity index (χ3n) is 2.84. The molecule has 1 N–H and O–H groups in total. The van der Waals surface area contributed by atoms with Crippen LogP contribution < -0.4 is 10.1 Å². The number of hydrogen-bond acceptors (Lipinski definition) is 2. The normalized spacial score (nSPS) is 10.2. The number of nitrogens with one attached hydrogen (secondary N) is 1. The number of carbonyl (C=O) groups excluding carboxylic acids is 1. The van der Waals surface area contributed by atoms with Gasteiger partial charge in [-0.1, -0.05) is 17.7 Å². The lowest BCUT2D eigenvalue weighted by Gasteiger charge is -2.10. The Morgan fingerprint density at radius 3 is 2.65 bits per heavy atom. The summed E-state index contributed by atoms with van der Waals surface area (Å²) in [7, 11) is 1.46. The van der Waals surface area contributed by atoms with E-state index in [1.54, 1.807) is 31.2 Å². The van der Waals surface area contributed by atoms with Crippen LogP contribution in [0.2, 0.25) is 5.02 Å². The first-order chi connectivity index (χ1) is 9.51. The number of rotatable bonds is 3. The summed E-state index contributed by atoms with van der Waals surface area (Å²) in [5.74, 6) is -0.382. The number of methoxy groups -OCH3 is 1. The maximum absolute atomic E-state index is 13.4. The first-order valence-electron chi connectivity index (χ1n) is 5.92. The van der Waals surface area contributed by atoms with E-state index in [1.807, 2.05) is 0 Å². The van der Waals surface area contributed by atoms with Gasteiger partial charge in [0.2, 0.25) is 0 Å². The molecule has 0 aliphatic rings. The van der Waals surface area contributed by atoms with E-state index >= 15 is 0 Å². The minimum Gasteiger partial charge on any atom is -0.496 e. The van der Waals surface area contributed by atoms with Crippen LogP contribution in [0.25, 0.3) is 0 Å². The van der Waals surface area contributed by atoms with Gasteiger partial charge in [-0.15, -0.1) is 0 Å². The zero-order valence-electron chi connectivity index (χ0n) is 11.0. The summed E-state index contributed by atoms with van der Waals surface area (Å²) >= 11 is 5.87. The highest BCUT2D eigenvalue weighted by atomic mass is 35.5. The van der Waals surface area contributed by atoms with E-state index in [0.29, 0.717) is 27.6 Å². The molecule has 0 bridgehead atoms. The van der Waals surface area contributed by atoms with Crippen molar-refractivity contribution in [2.45, 2.75) is 6.92 Å². The molecule has 2 rings (SSSR count). The number of benzene rings is 2. The van der Waals surface area contributed by atoms with Crippen molar-refractivity contribution in [2.24, 2.45) is 0 Å². The largest absolute Gasteiger partial charge is 0.496 e. The quantitative estimate of drug-likeness (QED) is 0.927. The maximum atomic E-state index is 13.4. The highest BCUT2D eigenvalue weighted by Crippen LogP contribution is 2.24. The van der Waals surface area contributed by atoms with E-state index in [0.717, 1.165) is 0 Å². The zero-order valence-corrected chi connectivity index (χ0v) is 11.8. The topological polar surface area (TPSA) is 38.3 Å². The molecule has 2 aromatic carbocycles. The Labute approximate surface area is 121 Å². The van der Waals surface area contributed by atoms with Crippen molar-refractivity contribution >= 4 is 23.2 Å². The van der Waals surface area contributed by atoms with Gasteiger partial charge in [-0.25, -0.2) is 4.39 Å². The minimum absolute atomic E-state index is 0.293. The summed E-state index contributed by atoms with van der Waals surface area (Å²) in [5.41, 5.74) is 1.18. The summed E-state index contributed by atoms with van der Waals surface area (Å²) in [5, 5.41) is 3.03. The number of hydrogen-bond donors (Lipinski definition) is 1. The lowest BCUT2D eigenvalue weighted by Crippen LogP contribution is -2.13. The molecule has 5 heteroatoms. The van der Waals surface area contributed by atoms with Crippen molar-refractivity contribution in [3.63, 3.8) is 0 Å². The molecular weight excluding hydrogens is 281 g/mol. The van der Waals surface area contributed by atoms with Crippen molar-refractivity contribution in [1.82, 2.24) is 0 Å². The van der Waals surface area contributed by atoms with Gasteiger partial charge in [0.1, 0.15) is 11.6 Å². The van der Waals surface area contributed by atoms with Gasteiger partial charge >= 0.3 is 0 Å². The third kappa shape index (κ3) is 3.08. The zero-order chi connectivity index (χ0) is 14.7. The van der Waals surface area contributed by atoms with Crippen LogP contribution in [0.1, 0.15) is 15.9 Å². The Bertz CT molecular complexity index is 658. The van der Waals surface area contributed by atoms with Gasteiger partial charge in [0, 0.05) is 10.7 Å². The van der Waals surface area contributed by atoms with E-state index < -0.39 is 5.91 Å². The predicted octanol–water partition coefficient (Wildman–Crippen LogP) is 4.05. The smallest absolute Gasteiger partial charge is 0.259 e. The number of carbonyl (C=O) groups is 1. The SMILES string of the molecule is COc1ccc(Cl)cc1C(=O)Nc1ccc(C)c(F)c1. The van der Waals surface area contributed by atoms with Crippen molar-refractivity contribution in [1.29, 1.82) is 0 Å². The molecule has 3 nitrogen and oxygen atoms in total. The molecule has 0 aliphatic heterocycles. The molecule has 2 aromatic rings. The van der Waals surface area contributed by atoms with Crippen LogP contribution in [0, 0.1) is 12.7 Å². The molecule has 104 valence electrons.